The topological polar surface area (TPSA) is 63.3 Å². The number of halogens is 7. The molecule has 1 saturated heterocycles. The Hall–Kier alpha value is -0.570. The van der Waals surface area contributed by atoms with Gasteiger partial charge in [-0.25, -0.2) is 18.7 Å². The lowest BCUT2D eigenvalue weighted by atomic mass is 10.2. The van der Waals surface area contributed by atoms with Crippen LogP contribution in [-0.2, 0) is 17.8 Å². The second kappa shape index (κ2) is 13.8. The highest BCUT2D eigenvalue weighted by molar-refractivity contribution is 14.1. The molecular weight excluding hydrogens is 995 g/mol. The Kier molecular flexibility index (Phi) is 10.7. The third-order valence-electron chi connectivity index (χ3n) is 6.13. The van der Waals surface area contributed by atoms with Crippen molar-refractivity contribution in [3.05, 3.63) is 62.1 Å². The molecule has 5 heterocycles. The van der Waals surface area contributed by atoms with Crippen LogP contribution in [0.3, 0.4) is 0 Å². The second-order valence-electron chi connectivity index (χ2n) is 8.79. The minimum absolute atomic E-state index is 0.321. The maximum Gasteiger partial charge on any atom is 0.145 e. The van der Waals surface area contributed by atoms with Crippen LogP contribution in [0.1, 0.15) is 12.8 Å². The van der Waals surface area contributed by atoms with Crippen LogP contribution in [0.15, 0.2) is 39.4 Å². The third kappa shape index (κ3) is 6.97. The molecule has 40 heavy (non-hydrogen) atoms. The summed E-state index contributed by atoms with van der Waals surface area (Å²) < 4.78 is 51.0. The molecule has 212 valence electrons. The van der Waals surface area contributed by atoms with E-state index < -0.39 is 0 Å². The first-order chi connectivity index (χ1) is 19.2. The molecule has 7 rings (SSSR count). The summed E-state index contributed by atoms with van der Waals surface area (Å²) in [4.78, 5) is 8.99. The molecule has 2 aromatic heterocycles. The zero-order valence-electron chi connectivity index (χ0n) is 20.7. The first-order valence-corrected chi connectivity index (χ1v) is 17.0. The Labute approximate surface area is 287 Å². The molecule has 3 aliphatic heterocycles. The molecule has 0 bridgehead atoms. The predicted octanol–water partition coefficient (Wildman–Crippen LogP) is 8.30. The van der Waals surface area contributed by atoms with Crippen molar-refractivity contribution < 1.29 is 23.0 Å². The zero-order valence-corrected chi connectivity index (χ0v) is 30.3. The predicted molar refractivity (Wildman–Crippen MR) is 180 cm³/mol. The standard InChI is InChI=1S/C11H6BrFI2N2O.C11H7BrFIN2O.C4H8O/c12-6-3-5-8(4-7(6)13)18-2-1-17-10(15)9(14)16-11(5)17;12-7-3-6-9(4-8(7)13)17-2-1-16-5-10(14)15-11(6)16;1-2-4-5-3-1/h3-4H,1-2H2;3-5H,1-2H2;1-4H2. The van der Waals surface area contributed by atoms with Gasteiger partial charge in [-0.15, -0.1) is 0 Å². The van der Waals surface area contributed by atoms with Gasteiger partial charge in [0.2, 0.25) is 0 Å². The van der Waals surface area contributed by atoms with E-state index in [0.29, 0.717) is 33.7 Å². The normalized spacial score (nSPS) is 14.9. The van der Waals surface area contributed by atoms with Crippen molar-refractivity contribution >= 4 is 99.6 Å². The molecule has 1 fully saturated rings. The number of nitrogens with zero attached hydrogens (tertiary/aromatic N) is 4. The molecule has 0 radical (unpaired) electrons. The molecule has 2 aromatic carbocycles. The average molecular weight is 1020 g/mol. The van der Waals surface area contributed by atoms with Gasteiger partial charge in [0.05, 0.1) is 33.2 Å². The van der Waals surface area contributed by atoms with E-state index in [1.807, 2.05) is 10.8 Å². The van der Waals surface area contributed by atoms with Crippen LogP contribution in [0.25, 0.3) is 22.8 Å². The highest BCUT2D eigenvalue weighted by Crippen LogP contribution is 2.38. The number of ether oxygens (including phenoxy) is 3. The summed E-state index contributed by atoms with van der Waals surface area (Å²) in [6.45, 7) is 4.48. The molecule has 0 aliphatic carbocycles. The molecule has 0 unspecified atom stereocenters. The number of imidazole rings is 2. The average Bonchev–Trinajstić information content (AvgIpc) is 3.63. The van der Waals surface area contributed by atoms with Gasteiger partial charge >= 0.3 is 0 Å². The number of hydrogen-bond acceptors (Lipinski definition) is 5. The van der Waals surface area contributed by atoms with Crippen LogP contribution in [0, 0.1) is 22.7 Å². The first kappa shape index (κ1) is 30.9. The molecular formula is C26H21Br2F2I3N4O3. The highest BCUT2D eigenvalue weighted by atomic mass is 127. The van der Waals surface area contributed by atoms with Crippen LogP contribution < -0.4 is 9.47 Å². The van der Waals surface area contributed by atoms with Crippen LogP contribution in [0.5, 0.6) is 11.5 Å². The van der Waals surface area contributed by atoms with Gasteiger partial charge in [-0.1, -0.05) is 0 Å². The lowest BCUT2D eigenvalue weighted by molar-refractivity contribution is 0.198. The van der Waals surface area contributed by atoms with Crippen LogP contribution in [0.4, 0.5) is 8.78 Å². The van der Waals surface area contributed by atoms with Gasteiger partial charge in [0.15, 0.2) is 0 Å². The van der Waals surface area contributed by atoms with Gasteiger partial charge in [0.25, 0.3) is 0 Å². The van der Waals surface area contributed by atoms with E-state index in [4.69, 9.17) is 14.2 Å². The van der Waals surface area contributed by atoms with Crippen molar-refractivity contribution in [2.24, 2.45) is 0 Å². The summed E-state index contributed by atoms with van der Waals surface area (Å²) in [5.74, 6) is 2.11. The summed E-state index contributed by atoms with van der Waals surface area (Å²) in [6.07, 6.45) is 4.52. The maximum absolute atomic E-state index is 13.5. The molecule has 0 saturated carbocycles. The molecule has 14 heteroatoms. The lowest BCUT2D eigenvalue weighted by Gasteiger charge is -2.07. The fraction of sp³-hybridized carbons (Fsp3) is 0.308. The van der Waals surface area contributed by atoms with Crippen LogP contribution in [0.2, 0.25) is 0 Å². The van der Waals surface area contributed by atoms with E-state index in [1.165, 1.54) is 25.0 Å². The quantitative estimate of drug-likeness (QED) is 0.166. The summed E-state index contributed by atoms with van der Waals surface area (Å²) >= 11 is 13.0. The van der Waals surface area contributed by atoms with E-state index in [2.05, 4.69) is 114 Å². The van der Waals surface area contributed by atoms with Crippen LogP contribution >= 0.6 is 99.6 Å². The molecule has 0 spiro atoms. The minimum atomic E-state index is -0.321. The Morgan fingerprint density at radius 1 is 0.750 bits per heavy atom. The number of fused-ring (bicyclic) bond motifs is 6. The van der Waals surface area contributed by atoms with E-state index in [-0.39, 0.29) is 11.6 Å². The van der Waals surface area contributed by atoms with Crippen molar-refractivity contribution in [2.75, 3.05) is 26.4 Å². The number of benzene rings is 2. The Morgan fingerprint density at radius 3 is 1.90 bits per heavy atom. The SMILES string of the molecule is C1CCOC1.Fc1cc2c(cc1Br)-c1nc(I)c(I)n1CCO2.Fc1cc2c(cc1Br)-c1nc(I)cn1CCO2. The van der Waals surface area contributed by atoms with Gasteiger partial charge in [0.1, 0.15) is 59.1 Å². The Bertz CT molecular complexity index is 1540. The summed E-state index contributed by atoms with van der Waals surface area (Å²) in [6, 6.07) is 6.24. The molecule has 4 aromatic rings. The molecule has 0 amide bonds. The molecule has 0 atom stereocenters. The highest BCUT2D eigenvalue weighted by Gasteiger charge is 2.23. The van der Waals surface area contributed by atoms with Gasteiger partial charge in [0, 0.05) is 31.5 Å². The van der Waals surface area contributed by atoms with Gasteiger partial charge in [-0.05, 0) is 125 Å². The van der Waals surface area contributed by atoms with E-state index in [0.717, 1.165) is 60.2 Å². The fourth-order valence-electron chi connectivity index (χ4n) is 4.24. The van der Waals surface area contributed by atoms with E-state index >= 15 is 0 Å². The van der Waals surface area contributed by atoms with Crippen molar-refractivity contribution in [1.29, 1.82) is 0 Å². The van der Waals surface area contributed by atoms with E-state index in [9.17, 15) is 8.78 Å². The molecule has 0 N–H and O–H groups in total. The Balaban J connectivity index is 0.000000138. The smallest absolute Gasteiger partial charge is 0.145 e. The summed E-state index contributed by atoms with van der Waals surface area (Å²) in [7, 11) is 0. The van der Waals surface area contributed by atoms with E-state index in [1.54, 1.807) is 12.1 Å². The first-order valence-electron chi connectivity index (χ1n) is 12.2. The third-order valence-corrected chi connectivity index (χ3v) is 10.7. The number of aromatic nitrogens is 4. The summed E-state index contributed by atoms with van der Waals surface area (Å²) in [5.41, 5.74) is 1.64. The van der Waals surface area contributed by atoms with Crippen molar-refractivity contribution in [1.82, 2.24) is 19.1 Å². The number of hydrogen-bond donors (Lipinski definition) is 0. The Morgan fingerprint density at radius 2 is 1.32 bits per heavy atom. The van der Waals surface area contributed by atoms with Crippen molar-refractivity contribution in [3.8, 4) is 34.3 Å². The lowest BCUT2D eigenvalue weighted by Crippen LogP contribution is -2.07. The zero-order chi connectivity index (χ0) is 28.4. The van der Waals surface area contributed by atoms with Crippen molar-refractivity contribution in [3.63, 3.8) is 0 Å². The second-order valence-corrected chi connectivity index (χ2v) is 13.6. The molecule has 3 aliphatic rings. The molecule has 7 nitrogen and oxygen atoms in total. The fourth-order valence-corrected chi connectivity index (χ4v) is 6.60. The summed E-state index contributed by atoms with van der Waals surface area (Å²) in [5, 5.41) is 0. The van der Waals surface area contributed by atoms with Crippen LogP contribution in [-0.4, -0.2) is 45.5 Å². The van der Waals surface area contributed by atoms with Gasteiger partial charge < -0.3 is 23.3 Å². The van der Waals surface area contributed by atoms with Gasteiger partial charge in [-0.2, -0.15) is 0 Å². The monoisotopic (exact) mass is 1010 g/mol. The van der Waals surface area contributed by atoms with Crippen molar-refractivity contribution in [2.45, 2.75) is 25.9 Å². The number of rotatable bonds is 0. The maximum atomic E-state index is 13.5. The largest absolute Gasteiger partial charge is 0.491 e. The minimum Gasteiger partial charge on any atom is -0.491 e. The van der Waals surface area contributed by atoms with Gasteiger partial charge in [-0.3, -0.25) is 0 Å².